The van der Waals surface area contributed by atoms with Crippen LogP contribution in [0.15, 0.2) is 30.3 Å². The number of hydrazine groups is 1. The molecule has 1 atom stereocenters. The van der Waals surface area contributed by atoms with Gasteiger partial charge in [-0.25, -0.2) is 5.84 Å². The van der Waals surface area contributed by atoms with Gasteiger partial charge in [-0.2, -0.15) is 0 Å². The summed E-state index contributed by atoms with van der Waals surface area (Å²) in [5.41, 5.74) is 2.88. The molecule has 0 heterocycles. The second-order valence-electron chi connectivity index (χ2n) is 8.52. The fourth-order valence-electron chi connectivity index (χ4n) is 4.03. The highest BCUT2D eigenvalue weighted by atomic mass is 16.2. The monoisotopic (exact) mass is 388 g/mol. The van der Waals surface area contributed by atoms with E-state index in [1.807, 2.05) is 37.3 Å². The molecule has 3 heteroatoms. The van der Waals surface area contributed by atoms with Crippen LogP contribution < -0.4 is 11.3 Å². The summed E-state index contributed by atoms with van der Waals surface area (Å²) in [6.07, 6.45) is 19.7. The SMILES string of the molecule is CCCCCCCCCCCCCCCCC(C)(C(=O)NN)c1ccccc1. The van der Waals surface area contributed by atoms with E-state index in [-0.39, 0.29) is 5.91 Å². The van der Waals surface area contributed by atoms with E-state index in [2.05, 4.69) is 12.3 Å². The highest BCUT2D eigenvalue weighted by molar-refractivity contribution is 5.87. The van der Waals surface area contributed by atoms with Crippen LogP contribution in [0.25, 0.3) is 0 Å². The molecule has 0 spiro atoms. The van der Waals surface area contributed by atoms with Crippen LogP contribution in [-0.2, 0) is 10.2 Å². The molecule has 3 nitrogen and oxygen atoms in total. The van der Waals surface area contributed by atoms with Gasteiger partial charge in [0.1, 0.15) is 0 Å². The number of amides is 1. The molecule has 0 aromatic heterocycles. The Hall–Kier alpha value is -1.35. The van der Waals surface area contributed by atoms with Crippen molar-refractivity contribution >= 4 is 5.91 Å². The van der Waals surface area contributed by atoms with Gasteiger partial charge in [0.25, 0.3) is 0 Å². The molecular weight excluding hydrogens is 344 g/mol. The average molecular weight is 389 g/mol. The number of nitrogens with one attached hydrogen (secondary N) is 1. The molecule has 0 radical (unpaired) electrons. The lowest BCUT2D eigenvalue weighted by atomic mass is 9.77. The van der Waals surface area contributed by atoms with Gasteiger partial charge >= 0.3 is 0 Å². The van der Waals surface area contributed by atoms with Gasteiger partial charge in [0, 0.05) is 0 Å². The fraction of sp³-hybridized carbons (Fsp3) is 0.720. The minimum absolute atomic E-state index is 0.0894. The predicted molar refractivity (Wildman–Crippen MR) is 121 cm³/mol. The molecule has 28 heavy (non-hydrogen) atoms. The van der Waals surface area contributed by atoms with Gasteiger partial charge in [0.15, 0.2) is 0 Å². The molecule has 1 aromatic carbocycles. The summed E-state index contributed by atoms with van der Waals surface area (Å²) in [5.74, 6) is 5.36. The van der Waals surface area contributed by atoms with E-state index in [9.17, 15) is 4.79 Å². The Morgan fingerprint density at radius 2 is 1.21 bits per heavy atom. The third-order valence-corrected chi connectivity index (χ3v) is 6.07. The van der Waals surface area contributed by atoms with E-state index in [0.29, 0.717) is 0 Å². The van der Waals surface area contributed by atoms with Gasteiger partial charge in [0.2, 0.25) is 5.91 Å². The van der Waals surface area contributed by atoms with Crippen molar-refractivity contribution in [1.82, 2.24) is 5.43 Å². The van der Waals surface area contributed by atoms with Gasteiger partial charge in [0.05, 0.1) is 5.41 Å². The molecule has 0 fully saturated rings. The zero-order valence-electron chi connectivity index (χ0n) is 18.5. The number of unbranched alkanes of at least 4 members (excludes halogenated alkanes) is 13. The third-order valence-electron chi connectivity index (χ3n) is 6.07. The smallest absolute Gasteiger partial charge is 0.244 e. The van der Waals surface area contributed by atoms with Crippen molar-refractivity contribution in [2.75, 3.05) is 0 Å². The number of hydrogen-bond acceptors (Lipinski definition) is 2. The molecule has 0 bridgehead atoms. The first-order valence-electron chi connectivity index (χ1n) is 11.7. The molecule has 3 N–H and O–H groups in total. The van der Waals surface area contributed by atoms with Crippen LogP contribution in [0.5, 0.6) is 0 Å². The van der Waals surface area contributed by atoms with Crippen LogP contribution >= 0.6 is 0 Å². The van der Waals surface area contributed by atoms with Gasteiger partial charge in [-0.1, -0.05) is 127 Å². The first-order chi connectivity index (χ1) is 13.6. The van der Waals surface area contributed by atoms with Crippen LogP contribution in [0, 0.1) is 0 Å². The second-order valence-corrected chi connectivity index (χ2v) is 8.52. The summed E-state index contributed by atoms with van der Waals surface area (Å²) in [6, 6.07) is 10.0. The minimum atomic E-state index is -0.535. The van der Waals surface area contributed by atoms with Crippen LogP contribution in [0.3, 0.4) is 0 Å². The molecular formula is C25H44N2O. The Bertz CT molecular complexity index is 503. The van der Waals surface area contributed by atoms with Crippen LogP contribution in [-0.4, -0.2) is 5.91 Å². The van der Waals surface area contributed by atoms with Crippen molar-refractivity contribution in [3.63, 3.8) is 0 Å². The number of benzene rings is 1. The van der Waals surface area contributed by atoms with Crippen molar-refractivity contribution in [1.29, 1.82) is 0 Å². The summed E-state index contributed by atoms with van der Waals surface area (Å²) >= 11 is 0. The highest BCUT2D eigenvalue weighted by Gasteiger charge is 2.33. The number of nitrogens with two attached hydrogens (primary N) is 1. The van der Waals surface area contributed by atoms with E-state index in [4.69, 9.17) is 5.84 Å². The van der Waals surface area contributed by atoms with E-state index in [0.717, 1.165) is 18.4 Å². The third kappa shape index (κ3) is 9.73. The van der Waals surface area contributed by atoms with Crippen molar-refractivity contribution < 1.29 is 4.79 Å². The Balaban J connectivity index is 2.08. The maximum Gasteiger partial charge on any atom is 0.244 e. The molecule has 0 saturated heterocycles. The molecule has 0 aliphatic rings. The van der Waals surface area contributed by atoms with Crippen molar-refractivity contribution in [2.45, 2.75) is 116 Å². The Kier molecular flexibility index (Phi) is 13.7. The Labute approximate surface area is 173 Å². The first-order valence-corrected chi connectivity index (χ1v) is 11.7. The number of carbonyl (C=O) groups is 1. The van der Waals surface area contributed by atoms with E-state index >= 15 is 0 Å². The van der Waals surface area contributed by atoms with E-state index in [1.54, 1.807) is 0 Å². The summed E-state index contributed by atoms with van der Waals surface area (Å²) in [5, 5.41) is 0. The summed E-state index contributed by atoms with van der Waals surface area (Å²) in [7, 11) is 0. The quantitative estimate of drug-likeness (QED) is 0.133. The van der Waals surface area contributed by atoms with Gasteiger partial charge in [-0.15, -0.1) is 0 Å². The number of rotatable bonds is 17. The lowest BCUT2D eigenvalue weighted by Crippen LogP contribution is -2.45. The van der Waals surface area contributed by atoms with Crippen LogP contribution in [0.4, 0.5) is 0 Å². The van der Waals surface area contributed by atoms with Crippen molar-refractivity contribution in [2.24, 2.45) is 5.84 Å². The molecule has 1 aromatic rings. The maximum atomic E-state index is 12.4. The summed E-state index contributed by atoms with van der Waals surface area (Å²) < 4.78 is 0. The summed E-state index contributed by atoms with van der Waals surface area (Å²) in [4.78, 5) is 12.4. The predicted octanol–water partition coefficient (Wildman–Crippen LogP) is 6.81. The van der Waals surface area contributed by atoms with Gasteiger partial charge in [-0.3, -0.25) is 10.2 Å². The topological polar surface area (TPSA) is 55.1 Å². The zero-order chi connectivity index (χ0) is 20.5. The largest absolute Gasteiger partial charge is 0.294 e. The Morgan fingerprint density at radius 3 is 1.64 bits per heavy atom. The normalized spacial score (nSPS) is 13.2. The van der Waals surface area contributed by atoms with Gasteiger partial charge < -0.3 is 0 Å². The molecule has 160 valence electrons. The van der Waals surface area contributed by atoms with E-state index in [1.165, 1.54) is 83.5 Å². The minimum Gasteiger partial charge on any atom is -0.294 e. The van der Waals surface area contributed by atoms with Crippen LogP contribution in [0.1, 0.15) is 116 Å². The van der Waals surface area contributed by atoms with Crippen molar-refractivity contribution in [3.8, 4) is 0 Å². The number of carbonyl (C=O) groups excluding carboxylic acids is 1. The van der Waals surface area contributed by atoms with Gasteiger partial charge in [-0.05, 0) is 18.9 Å². The number of hydrogen-bond donors (Lipinski definition) is 2. The van der Waals surface area contributed by atoms with Crippen LogP contribution in [0.2, 0.25) is 0 Å². The molecule has 1 unspecified atom stereocenters. The highest BCUT2D eigenvalue weighted by Crippen LogP contribution is 2.30. The standard InChI is InChI=1S/C25H44N2O/c1-3-4-5-6-7-8-9-10-11-12-13-14-15-19-22-25(2,24(28)27-26)23-20-17-16-18-21-23/h16-18,20-21H,3-15,19,22,26H2,1-2H3,(H,27,28). The first kappa shape index (κ1) is 24.7. The molecule has 1 rings (SSSR count). The van der Waals surface area contributed by atoms with Crippen molar-refractivity contribution in [3.05, 3.63) is 35.9 Å². The second kappa shape index (κ2) is 15.6. The molecule has 1 amide bonds. The maximum absolute atomic E-state index is 12.4. The molecule has 0 aliphatic heterocycles. The van der Waals surface area contributed by atoms with E-state index < -0.39 is 5.41 Å². The molecule has 0 aliphatic carbocycles. The lowest BCUT2D eigenvalue weighted by molar-refractivity contribution is -0.126. The Morgan fingerprint density at radius 1 is 0.786 bits per heavy atom. The molecule has 0 saturated carbocycles. The zero-order valence-corrected chi connectivity index (χ0v) is 18.5. The summed E-state index contributed by atoms with van der Waals surface area (Å²) in [6.45, 7) is 4.28. The lowest BCUT2D eigenvalue weighted by Gasteiger charge is -2.28. The average Bonchev–Trinajstić information content (AvgIpc) is 2.73. The fourth-order valence-corrected chi connectivity index (χ4v) is 4.03.